The summed E-state index contributed by atoms with van der Waals surface area (Å²) in [6, 6.07) is 10.3. The van der Waals surface area contributed by atoms with Gasteiger partial charge in [-0.25, -0.2) is 0 Å². The van der Waals surface area contributed by atoms with Gasteiger partial charge in [0.25, 0.3) is 5.91 Å². The van der Waals surface area contributed by atoms with E-state index in [1.54, 1.807) is 6.20 Å². The molecule has 0 radical (unpaired) electrons. The summed E-state index contributed by atoms with van der Waals surface area (Å²) in [5, 5.41) is 5.42. The first kappa shape index (κ1) is 15.1. The summed E-state index contributed by atoms with van der Waals surface area (Å²) < 4.78 is 0. The number of fused-ring (bicyclic) bond motifs is 1. The molecule has 1 fully saturated rings. The summed E-state index contributed by atoms with van der Waals surface area (Å²) in [6.45, 7) is 0.599. The van der Waals surface area contributed by atoms with Crippen LogP contribution in [0.15, 0.2) is 42.3 Å². The van der Waals surface area contributed by atoms with Crippen molar-refractivity contribution in [2.75, 3.05) is 4.90 Å². The largest absolute Gasteiger partial charge is 0.355 e. The Hall–Kier alpha value is -2.40. The Bertz CT molecular complexity index is 844. The highest BCUT2D eigenvalue weighted by molar-refractivity contribution is 7.78. The summed E-state index contributed by atoms with van der Waals surface area (Å²) in [4.78, 5) is 16.9. The van der Waals surface area contributed by atoms with Gasteiger partial charge in [0.05, 0.1) is 12.2 Å². The van der Waals surface area contributed by atoms with E-state index in [4.69, 9.17) is 18.0 Å². The molecule has 2 heterocycles. The lowest BCUT2D eigenvalue weighted by Gasteiger charge is -2.38. The van der Waals surface area contributed by atoms with Gasteiger partial charge in [-0.1, -0.05) is 24.3 Å². The molecule has 2 aromatic rings. The van der Waals surface area contributed by atoms with E-state index in [0.29, 0.717) is 18.1 Å². The quantitative estimate of drug-likeness (QED) is 0.752. The van der Waals surface area contributed by atoms with E-state index in [1.807, 2.05) is 11.0 Å². The van der Waals surface area contributed by atoms with Crippen LogP contribution in [-0.2, 0) is 12.1 Å². The van der Waals surface area contributed by atoms with Gasteiger partial charge in [0.2, 0.25) is 0 Å². The SMILES string of the molecule is NC1(c2ccc(CN3C(=C=S)NC(=O)c4[nH]ccc43)cc2)CCC1. The molecule has 1 aliphatic carbocycles. The maximum Gasteiger partial charge on any atom is 0.275 e. The Morgan fingerprint density at radius 2 is 2.00 bits per heavy atom. The van der Waals surface area contributed by atoms with Crippen LogP contribution in [0, 0.1) is 0 Å². The number of rotatable bonds is 3. The number of hydrogen-bond donors (Lipinski definition) is 3. The van der Waals surface area contributed by atoms with Gasteiger partial charge in [-0.15, -0.1) is 0 Å². The summed E-state index contributed by atoms with van der Waals surface area (Å²) in [7, 11) is 0. The number of anilines is 1. The van der Waals surface area contributed by atoms with E-state index in [0.717, 1.165) is 24.1 Å². The number of carbonyl (C=O) groups excluding carboxylic acids is 1. The smallest absolute Gasteiger partial charge is 0.275 e. The lowest BCUT2D eigenvalue weighted by atomic mass is 9.73. The normalized spacial score (nSPS) is 18.5. The van der Waals surface area contributed by atoms with Crippen molar-refractivity contribution >= 4 is 28.8 Å². The number of aromatic amines is 1. The number of amides is 1. The Balaban J connectivity index is 1.61. The van der Waals surface area contributed by atoms with Crippen LogP contribution in [0.4, 0.5) is 5.69 Å². The van der Waals surface area contributed by atoms with Crippen LogP contribution < -0.4 is 16.0 Å². The van der Waals surface area contributed by atoms with Crippen LogP contribution in [0.2, 0.25) is 0 Å². The highest BCUT2D eigenvalue weighted by Gasteiger charge is 2.34. The van der Waals surface area contributed by atoms with Crippen LogP contribution in [0.5, 0.6) is 0 Å². The molecular weight excluding hydrogens is 320 g/mol. The lowest BCUT2D eigenvalue weighted by molar-refractivity contribution is 0.0957. The molecule has 24 heavy (non-hydrogen) atoms. The van der Waals surface area contributed by atoms with Gasteiger partial charge in [-0.3, -0.25) is 10.1 Å². The minimum absolute atomic E-state index is 0.148. The highest BCUT2D eigenvalue weighted by atomic mass is 32.1. The zero-order chi connectivity index (χ0) is 16.7. The number of H-pyrrole nitrogens is 1. The Labute approximate surface area is 145 Å². The van der Waals surface area contributed by atoms with Crippen molar-refractivity contribution in [2.24, 2.45) is 5.73 Å². The summed E-state index contributed by atoms with van der Waals surface area (Å²) in [5.74, 6) is 0.310. The Kier molecular flexibility index (Phi) is 3.53. The number of nitrogens with two attached hydrogens (primary N) is 1. The topological polar surface area (TPSA) is 74.2 Å². The Morgan fingerprint density at radius 1 is 1.25 bits per heavy atom. The van der Waals surface area contributed by atoms with Gasteiger partial charge in [-0.2, -0.15) is 0 Å². The third-order valence-electron chi connectivity index (χ3n) is 4.96. The molecule has 1 saturated carbocycles. The van der Waals surface area contributed by atoms with Gasteiger partial charge >= 0.3 is 0 Å². The van der Waals surface area contributed by atoms with Crippen molar-refractivity contribution in [2.45, 2.75) is 31.3 Å². The molecule has 0 saturated heterocycles. The van der Waals surface area contributed by atoms with E-state index in [-0.39, 0.29) is 11.4 Å². The molecule has 1 aromatic carbocycles. The molecule has 1 amide bonds. The van der Waals surface area contributed by atoms with Gasteiger partial charge in [0.1, 0.15) is 5.69 Å². The summed E-state index contributed by atoms with van der Waals surface area (Å²) >= 11 is 4.94. The molecule has 0 spiro atoms. The molecule has 0 bridgehead atoms. The Morgan fingerprint density at radius 3 is 2.62 bits per heavy atom. The zero-order valence-electron chi connectivity index (χ0n) is 13.1. The van der Waals surface area contributed by atoms with Crippen LogP contribution in [0.1, 0.15) is 40.9 Å². The number of nitrogens with zero attached hydrogens (tertiary/aromatic N) is 1. The minimum Gasteiger partial charge on any atom is -0.355 e. The predicted octanol–water partition coefficient (Wildman–Crippen LogP) is 2.54. The molecule has 2 aliphatic rings. The molecule has 1 aromatic heterocycles. The van der Waals surface area contributed by atoms with Crippen LogP contribution >= 0.6 is 12.2 Å². The van der Waals surface area contributed by atoms with Crippen molar-refractivity contribution in [3.8, 4) is 0 Å². The van der Waals surface area contributed by atoms with Gasteiger partial charge < -0.3 is 15.6 Å². The first-order valence-electron chi connectivity index (χ1n) is 8.00. The van der Waals surface area contributed by atoms with Gasteiger partial charge in [-0.05, 0) is 53.7 Å². The lowest BCUT2D eigenvalue weighted by Crippen LogP contribution is -2.43. The third kappa shape index (κ3) is 2.36. The molecular formula is C18H18N4OS. The average molecular weight is 338 g/mol. The molecule has 5 nitrogen and oxygen atoms in total. The van der Waals surface area contributed by atoms with Gasteiger partial charge in [0, 0.05) is 11.7 Å². The highest BCUT2D eigenvalue weighted by Crippen LogP contribution is 2.38. The van der Waals surface area contributed by atoms with Crippen molar-refractivity contribution in [1.29, 1.82) is 0 Å². The van der Waals surface area contributed by atoms with Crippen molar-refractivity contribution in [3.63, 3.8) is 0 Å². The van der Waals surface area contributed by atoms with Crippen molar-refractivity contribution < 1.29 is 4.79 Å². The van der Waals surface area contributed by atoms with Crippen molar-refractivity contribution in [3.05, 3.63) is 59.2 Å². The first-order chi connectivity index (χ1) is 11.6. The summed E-state index contributed by atoms with van der Waals surface area (Å²) in [6.07, 6.45) is 5.05. The summed E-state index contributed by atoms with van der Waals surface area (Å²) in [5.41, 5.74) is 9.89. The molecule has 122 valence electrons. The van der Waals surface area contributed by atoms with Crippen LogP contribution in [0.3, 0.4) is 0 Å². The zero-order valence-corrected chi connectivity index (χ0v) is 14.0. The molecule has 0 unspecified atom stereocenters. The fourth-order valence-corrected chi connectivity index (χ4v) is 3.50. The van der Waals surface area contributed by atoms with E-state index in [2.05, 4.69) is 39.6 Å². The number of nitrogens with one attached hydrogen (secondary N) is 2. The second-order valence-corrected chi connectivity index (χ2v) is 6.64. The molecule has 4 N–H and O–H groups in total. The van der Waals surface area contributed by atoms with E-state index >= 15 is 0 Å². The first-order valence-corrected chi connectivity index (χ1v) is 8.41. The van der Waals surface area contributed by atoms with Crippen molar-refractivity contribution in [1.82, 2.24) is 10.3 Å². The molecule has 4 rings (SSSR count). The average Bonchev–Trinajstić information content (AvgIpc) is 3.06. The fraction of sp³-hybridized carbons (Fsp3) is 0.278. The standard InChI is InChI=1S/C18H18N4OS/c19-18(7-1-8-18)13-4-2-12(3-5-13)10-22-14-6-9-20-16(14)17(23)21-15(22)11-24/h2-6,9,20H,1,7-8,10,19H2,(H,21,23). The molecule has 6 heteroatoms. The number of aromatic nitrogens is 1. The number of hydrogen-bond acceptors (Lipinski definition) is 4. The van der Waals surface area contributed by atoms with E-state index < -0.39 is 0 Å². The number of thiocarbonyl (C=S) groups is 1. The van der Waals surface area contributed by atoms with E-state index in [1.165, 1.54) is 12.0 Å². The van der Waals surface area contributed by atoms with Crippen LogP contribution in [-0.4, -0.2) is 15.9 Å². The number of carbonyl (C=O) groups is 1. The maximum absolute atomic E-state index is 12.0. The second kappa shape index (κ2) is 5.60. The number of benzene rings is 1. The third-order valence-corrected chi connectivity index (χ3v) is 5.15. The molecule has 1 aliphatic heterocycles. The minimum atomic E-state index is -0.191. The molecule has 0 atom stereocenters. The second-order valence-electron chi connectivity index (χ2n) is 6.44. The maximum atomic E-state index is 12.0. The van der Waals surface area contributed by atoms with Gasteiger partial charge in [0.15, 0.2) is 5.82 Å². The monoisotopic (exact) mass is 338 g/mol. The fourth-order valence-electron chi connectivity index (χ4n) is 3.34. The predicted molar refractivity (Wildman–Crippen MR) is 96.7 cm³/mol. The van der Waals surface area contributed by atoms with Crippen LogP contribution in [0.25, 0.3) is 0 Å². The van der Waals surface area contributed by atoms with E-state index in [9.17, 15) is 4.79 Å².